The summed E-state index contributed by atoms with van der Waals surface area (Å²) in [5.74, 6) is 0.335. The van der Waals surface area contributed by atoms with E-state index in [0.29, 0.717) is 5.75 Å². The molecular formula is C16H20N4OS2. The number of nitrogens with one attached hydrogen (secondary N) is 1. The monoisotopic (exact) mass is 348 g/mol. The highest BCUT2D eigenvalue weighted by Gasteiger charge is 2.14. The van der Waals surface area contributed by atoms with Crippen molar-refractivity contribution >= 4 is 40.4 Å². The van der Waals surface area contributed by atoms with E-state index in [9.17, 15) is 4.79 Å². The van der Waals surface area contributed by atoms with Crippen LogP contribution < -0.4 is 10.2 Å². The fourth-order valence-electron chi connectivity index (χ4n) is 2.61. The quantitative estimate of drug-likeness (QED) is 0.838. The Hall–Kier alpha value is -1.60. The number of aryl methyl sites for hydroxylation is 2. The van der Waals surface area contributed by atoms with Gasteiger partial charge in [-0.2, -0.15) is 0 Å². The summed E-state index contributed by atoms with van der Waals surface area (Å²) in [6, 6.07) is 6.25. The Morgan fingerprint density at radius 1 is 1.30 bits per heavy atom. The van der Waals surface area contributed by atoms with E-state index >= 15 is 0 Å². The third-order valence-corrected chi connectivity index (χ3v) is 5.76. The molecule has 1 aliphatic rings. The average Bonchev–Trinajstić information content (AvgIpc) is 3.19. The van der Waals surface area contributed by atoms with Crippen LogP contribution >= 0.6 is 23.1 Å². The number of aromatic nitrogens is 2. The van der Waals surface area contributed by atoms with Gasteiger partial charge in [0.15, 0.2) is 4.34 Å². The lowest BCUT2D eigenvalue weighted by molar-refractivity contribution is -0.113. The molecule has 5 nitrogen and oxygen atoms in total. The Morgan fingerprint density at radius 2 is 2.09 bits per heavy atom. The number of benzene rings is 1. The Labute approximate surface area is 144 Å². The van der Waals surface area contributed by atoms with Gasteiger partial charge in [0.2, 0.25) is 5.91 Å². The van der Waals surface area contributed by atoms with Gasteiger partial charge in [-0.15, -0.1) is 10.2 Å². The summed E-state index contributed by atoms with van der Waals surface area (Å²) in [4.78, 5) is 14.5. The van der Waals surface area contributed by atoms with Gasteiger partial charge in [0, 0.05) is 24.5 Å². The SMILES string of the molecule is Cc1nnc(SCC(=O)Nc2ccc(N3CCCC3)cc2C)s1. The van der Waals surface area contributed by atoms with E-state index in [1.165, 1.54) is 41.6 Å². The predicted molar refractivity (Wildman–Crippen MR) is 96.6 cm³/mol. The number of nitrogens with zero attached hydrogens (tertiary/aromatic N) is 3. The summed E-state index contributed by atoms with van der Waals surface area (Å²) >= 11 is 2.93. The third-order valence-electron chi connectivity index (χ3n) is 3.79. The second-order valence-corrected chi connectivity index (χ2v) is 8.02. The number of carbonyl (C=O) groups excluding carboxylic acids is 1. The zero-order chi connectivity index (χ0) is 16.2. The highest BCUT2D eigenvalue weighted by atomic mass is 32.2. The second-order valence-electron chi connectivity index (χ2n) is 5.62. The number of hydrogen-bond donors (Lipinski definition) is 1. The minimum atomic E-state index is -0.0140. The fourth-order valence-corrected chi connectivity index (χ4v) is 4.23. The van der Waals surface area contributed by atoms with Crippen LogP contribution in [0.5, 0.6) is 0 Å². The molecule has 2 heterocycles. The van der Waals surface area contributed by atoms with Crippen molar-refractivity contribution in [3.63, 3.8) is 0 Å². The number of amides is 1. The van der Waals surface area contributed by atoms with Gasteiger partial charge in [0.05, 0.1) is 5.75 Å². The van der Waals surface area contributed by atoms with E-state index in [1.807, 2.05) is 19.9 Å². The van der Waals surface area contributed by atoms with Gasteiger partial charge < -0.3 is 10.2 Å². The van der Waals surface area contributed by atoms with Gasteiger partial charge in [-0.3, -0.25) is 4.79 Å². The van der Waals surface area contributed by atoms with Crippen LogP contribution in [0, 0.1) is 13.8 Å². The van der Waals surface area contributed by atoms with Crippen LogP contribution in [0.25, 0.3) is 0 Å². The first kappa shape index (κ1) is 16.3. The van der Waals surface area contributed by atoms with Gasteiger partial charge in [-0.1, -0.05) is 23.1 Å². The van der Waals surface area contributed by atoms with Gasteiger partial charge in [-0.05, 0) is 50.5 Å². The van der Waals surface area contributed by atoms with E-state index in [-0.39, 0.29) is 5.91 Å². The highest BCUT2D eigenvalue weighted by Crippen LogP contribution is 2.26. The topological polar surface area (TPSA) is 58.1 Å². The second kappa shape index (κ2) is 7.31. The molecular weight excluding hydrogens is 328 g/mol. The van der Waals surface area contributed by atoms with Crippen LogP contribution in [0.1, 0.15) is 23.4 Å². The molecule has 1 aliphatic heterocycles. The van der Waals surface area contributed by atoms with Crippen molar-refractivity contribution in [3.8, 4) is 0 Å². The maximum Gasteiger partial charge on any atom is 0.234 e. The molecule has 0 radical (unpaired) electrons. The van der Waals surface area contributed by atoms with E-state index < -0.39 is 0 Å². The van der Waals surface area contributed by atoms with Crippen molar-refractivity contribution in [2.75, 3.05) is 29.1 Å². The number of anilines is 2. The molecule has 0 atom stereocenters. The molecule has 0 spiro atoms. The van der Waals surface area contributed by atoms with Crippen molar-refractivity contribution in [1.29, 1.82) is 0 Å². The standard InChI is InChI=1S/C16H20N4OS2/c1-11-9-13(20-7-3-4-8-20)5-6-14(11)17-15(21)10-22-16-19-18-12(2)23-16/h5-6,9H,3-4,7-8,10H2,1-2H3,(H,17,21). The highest BCUT2D eigenvalue weighted by molar-refractivity contribution is 8.01. The number of thioether (sulfide) groups is 1. The third kappa shape index (κ3) is 4.23. The Balaban J connectivity index is 1.57. The number of hydrogen-bond acceptors (Lipinski definition) is 6. The molecule has 0 aliphatic carbocycles. The van der Waals surface area contributed by atoms with Crippen LogP contribution in [0.15, 0.2) is 22.5 Å². The Bertz CT molecular complexity index is 695. The molecule has 1 saturated heterocycles. The summed E-state index contributed by atoms with van der Waals surface area (Å²) in [6.07, 6.45) is 2.53. The first-order valence-corrected chi connectivity index (χ1v) is 9.50. The van der Waals surface area contributed by atoms with Crippen LogP contribution in [0.4, 0.5) is 11.4 Å². The molecule has 1 fully saturated rings. The maximum absolute atomic E-state index is 12.1. The number of rotatable bonds is 5. The Kier molecular flexibility index (Phi) is 5.17. The summed E-state index contributed by atoms with van der Waals surface area (Å²) in [7, 11) is 0. The van der Waals surface area contributed by atoms with Crippen molar-refractivity contribution in [2.45, 2.75) is 31.0 Å². The normalized spacial score (nSPS) is 14.3. The smallest absolute Gasteiger partial charge is 0.234 e. The number of carbonyl (C=O) groups is 1. The van der Waals surface area contributed by atoms with Gasteiger partial charge in [0.25, 0.3) is 0 Å². The van der Waals surface area contributed by atoms with E-state index in [2.05, 4.69) is 32.5 Å². The first-order valence-electron chi connectivity index (χ1n) is 7.70. The van der Waals surface area contributed by atoms with Crippen molar-refractivity contribution < 1.29 is 4.79 Å². The Morgan fingerprint density at radius 3 is 2.74 bits per heavy atom. The molecule has 0 bridgehead atoms. The molecule has 122 valence electrons. The summed E-state index contributed by atoms with van der Waals surface area (Å²) in [5, 5.41) is 11.9. The van der Waals surface area contributed by atoms with Crippen molar-refractivity contribution in [1.82, 2.24) is 10.2 Å². The molecule has 1 aromatic carbocycles. The van der Waals surface area contributed by atoms with E-state index in [4.69, 9.17) is 0 Å². The average molecular weight is 348 g/mol. The molecule has 23 heavy (non-hydrogen) atoms. The molecule has 2 aromatic rings. The minimum absolute atomic E-state index is 0.0140. The summed E-state index contributed by atoms with van der Waals surface area (Å²) in [5.41, 5.74) is 3.23. The van der Waals surface area contributed by atoms with E-state index in [0.717, 1.165) is 33.7 Å². The molecule has 3 rings (SSSR count). The van der Waals surface area contributed by atoms with Gasteiger partial charge >= 0.3 is 0 Å². The summed E-state index contributed by atoms with van der Waals surface area (Å²) < 4.78 is 0.832. The zero-order valence-electron chi connectivity index (χ0n) is 13.3. The lowest BCUT2D eigenvalue weighted by atomic mass is 10.1. The largest absolute Gasteiger partial charge is 0.372 e. The molecule has 1 N–H and O–H groups in total. The molecule has 7 heteroatoms. The summed E-state index contributed by atoms with van der Waals surface area (Å²) in [6.45, 7) is 6.20. The van der Waals surface area contributed by atoms with Crippen molar-refractivity contribution in [3.05, 3.63) is 28.8 Å². The minimum Gasteiger partial charge on any atom is -0.372 e. The molecule has 1 amide bonds. The van der Waals surface area contributed by atoms with Crippen LogP contribution in [0.3, 0.4) is 0 Å². The molecule has 0 unspecified atom stereocenters. The van der Waals surface area contributed by atoms with Gasteiger partial charge in [0.1, 0.15) is 5.01 Å². The predicted octanol–water partition coefficient (Wildman–Crippen LogP) is 3.49. The lowest BCUT2D eigenvalue weighted by Crippen LogP contribution is -2.18. The lowest BCUT2D eigenvalue weighted by Gasteiger charge is -2.19. The van der Waals surface area contributed by atoms with E-state index in [1.54, 1.807) is 0 Å². The van der Waals surface area contributed by atoms with Crippen LogP contribution in [0.2, 0.25) is 0 Å². The fraction of sp³-hybridized carbons (Fsp3) is 0.438. The molecule has 1 aromatic heterocycles. The van der Waals surface area contributed by atoms with Crippen LogP contribution in [-0.4, -0.2) is 34.9 Å². The first-order chi connectivity index (χ1) is 11.1. The zero-order valence-corrected chi connectivity index (χ0v) is 15.0. The molecule has 0 saturated carbocycles. The van der Waals surface area contributed by atoms with Crippen molar-refractivity contribution in [2.24, 2.45) is 0 Å². The van der Waals surface area contributed by atoms with Crippen LogP contribution in [-0.2, 0) is 4.79 Å². The maximum atomic E-state index is 12.1. The van der Waals surface area contributed by atoms with Gasteiger partial charge in [-0.25, -0.2) is 0 Å².